The minimum Gasteiger partial charge on any atom is -0.497 e. The van der Waals surface area contributed by atoms with Gasteiger partial charge in [-0.3, -0.25) is 4.90 Å². The Balaban J connectivity index is 1.75. The molecule has 1 aliphatic heterocycles. The topological polar surface area (TPSA) is 54.0 Å². The van der Waals surface area contributed by atoms with Gasteiger partial charge in [0.15, 0.2) is 0 Å². The van der Waals surface area contributed by atoms with E-state index in [0.717, 1.165) is 44.0 Å². The quantitative estimate of drug-likeness (QED) is 0.859. The van der Waals surface area contributed by atoms with Crippen molar-refractivity contribution in [3.63, 3.8) is 0 Å². The van der Waals surface area contributed by atoms with E-state index in [1.165, 1.54) is 18.4 Å². The summed E-state index contributed by atoms with van der Waals surface area (Å²) in [4.78, 5) is 16.5. The number of amides is 2. The van der Waals surface area contributed by atoms with E-state index in [2.05, 4.69) is 16.3 Å². The summed E-state index contributed by atoms with van der Waals surface area (Å²) in [5, 5.41) is 2.75. The highest BCUT2D eigenvalue weighted by molar-refractivity contribution is 5.73. The Bertz CT molecular complexity index is 604. The number of likely N-dealkylation sites (tertiary alicyclic amines) is 1. The van der Waals surface area contributed by atoms with Gasteiger partial charge in [0.1, 0.15) is 11.5 Å². The number of urea groups is 1. The maximum absolute atomic E-state index is 12.0. The van der Waals surface area contributed by atoms with Crippen molar-refractivity contribution >= 4 is 6.03 Å². The maximum Gasteiger partial charge on any atom is 0.317 e. The molecule has 0 aromatic heterocycles. The Kier molecular flexibility index (Phi) is 5.68. The lowest BCUT2D eigenvalue weighted by molar-refractivity contribution is 0.0971. The number of ether oxygens (including phenoxy) is 2. The number of nitrogens with zero attached hydrogens (tertiary/aromatic N) is 2. The first kappa shape index (κ1) is 17.9. The van der Waals surface area contributed by atoms with Crippen LogP contribution in [0.4, 0.5) is 4.79 Å². The molecular weight excluding hydrogens is 318 g/mol. The molecule has 1 aromatic rings. The molecule has 3 rings (SSSR count). The average molecular weight is 347 g/mol. The number of hydrogen-bond donors (Lipinski definition) is 1. The second-order valence-corrected chi connectivity index (χ2v) is 6.88. The standard InChI is InChI=1S/C19H29N3O3/c1-20-19(23)21-10-4-5-16(13-21)22(15-7-8-15)12-14-6-9-17(24-2)11-18(14)25-3/h6,9,11,15-16H,4-5,7-8,10,12-13H2,1-3H3,(H,20,23). The van der Waals surface area contributed by atoms with Crippen LogP contribution in [0, 0.1) is 0 Å². The molecule has 2 aliphatic rings. The van der Waals surface area contributed by atoms with Gasteiger partial charge in [-0.05, 0) is 31.7 Å². The fourth-order valence-electron chi connectivity index (χ4n) is 3.71. The normalized spacial score (nSPS) is 20.5. The number of carbonyl (C=O) groups excluding carboxylic acids is 1. The van der Waals surface area contributed by atoms with E-state index in [1.54, 1.807) is 21.3 Å². The van der Waals surface area contributed by atoms with Crippen molar-refractivity contribution in [1.29, 1.82) is 0 Å². The molecule has 0 radical (unpaired) electrons. The Morgan fingerprint density at radius 1 is 1.24 bits per heavy atom. The van der Waals surface area contributed by atoms with Crippen molar-refractivity contribution in [3.05, 3.63) is 23.8 Å². The van der Waals surface area contributed by atoms with Gasteiger partial charge in [0.25, 0.3) is 0 Å². The molecule has 1 saturated carbocycles. The van der Waals surface area contributed by atoms with Crippen LogP contribution in [0.5, 0.6) is 11.5 Å². The lowest BCUT2D eigenvalue weighted by Gasteiger charge is -2.39. The Morgan fingerprint density at radius 3 is 2.68 bits per heavy atom. The van der Waals surface area contributed by atoms with Crippen molar-refractivity contribution in [2.75, 3.05) is 34.4 Å². The predicted octanol–water partition coefficient (Wildman–Crippen LogP) is 2.47. The van der Waals surface area contributed by atoms with Gasteiger partial charge in [0.05, 0.1) is 14.2 Å². The van der Waals surface area contributed by atoms with Gasteiger partial charge in [0.2, 0.25) is 0 Å². The first-order valence-electron chi connectivity index (χ1n) is 9.09. The first-order chi connectivity index (χ1) is 12.2. The van der Waals surface area contributed by atoms with Crippen molar-refractivity contribution in [2.45, 2.75) is 44.3 Å². The number of rotatable bonds is 6. The monoisotopic (exact) mass is 347 g/mol. The third-order valence-corrected chi connectivity index (χ3v) is 5.23. The molecule has 1 atom stereocenters. The van der Waals surface area contributed by atoms with Crippen LogP contribution in [-0.2, 0) is 6.54 Å². The highest BCUT2D eigenvalue weighted by Gasteiger charge is 2.37. The fraction of sp³-hybridized carbons (Fsp3) is 0.632. The third kappa shape index (κ3) is 4.18. The average Bonchev–Trinajstić information content (AvgIpc) is 3.50. The lowest BCUT2D eigenvalue weighted by Crippen LogP contribution is -2.52. The van der Waals surface area contributed by atoms with Crippen LogP contribution in [0.25, 0.3) is 0 Å². The van der Waals surface area contributed by atoms with Crippen LogP contribution >= 0.6 is 0 Å². The van der Waals surface area contributed by atoms with Crippen molar-refractivity contribution < 1.29 is 14.3 Å². The predicted molar refractivity (Wildman–Crippen MR) is 97.2 cm³/mol. The third-order valence-electron chi connectivity index (χ3n) is 5.23. The summed E-state index contributed by atoms with van der Waals surface area (Å²) in [6, 6.07) is 7.08. The lowest BCUT2D eigenvalue weighted by atomic mass is 10.0. The van der Waals surface area contributed by atoms with Gasteiger partial charge in [-0.25, -0.2) is 4.79 Å². The van der Waals surface area contributed by atoms with Crippen LogP contribution < -0.4 is 14.8 Å². The first-order valence-corrected chi connectivity index (χ1v) is 9.09. The summed E-state index contributed by atoms with van der Waals surface area (Å²) < 4.78 is 10.9. The van der Waals surface area contributed by atoms with E-state index in [4.69, 9.17) is 9.47 Å². The number of benzene rings is 1. The zero-order chi connectivity index (χ0) is 17.8. The van der Waals surface area contributed by atoms with Gasteiger partial charge in [-0.15, -0.1) is 0 Å². The molecule has 1 saturated heterocycles. The number of methoxy groups -OCH3 is 2. The molecule has 6 heteroatoms. The summed E-state index contributed by atoms with van der Waals surface area (Å²) in [6.45, 7) is 2.50. The minimum absolute atomic E-state index is 0.0301. The summed E-state index contributed by atoms with van der Waals surface area (Å²) >= 11 is 0. The van der Waals surface area contributed by atoms with E-state index >= 15 is 0 Å². The Hall–Kier alpha value is -1.95. The van der Waals surface area contributed by atoms with E-state index in [9.17, 15) is 4.79 Å². The van der Waals surface area contributed by atoms with Crippen LogP contribution in [0.1, 0.15) is 31.2 Å². The van der Waals surface area contributed by atoms with Crippen molar-refractivity contribution in [1.82, 2.24) is 15.1 Å². The van der Waals surface area contributed by atoms with E-state index < -0.39 is 0 Å². The number of carbonyl (C=O) groups is 1. The maximum atomic E-state index is 12.0. The number of piperidine rings is 1. The van der Waals surface area contributed by atoms with E-state index in [1.807, 2.05) is 17.0 Å². The van der Waals surface area contributed by atoms with Crippen molar-refractivity contribution in [3.8, 4) is 11.5 Å². The zero-order valence-electron chi connectivity index (χ0n) is 15.5. The molecule has 1 N–H and O–H groups in total. The summed E-state index contributed by atoms with van der Waals surface area (Å²) in [5.41, 5.74) is 1.17. The number of nitrogens with one attached hydrogen (secondary N) is 1. The SMILES string of the molecule is CNC(=O)N1CCCC(N(Cc2ccc(OC)cc2OC)C2CC2)C1. The largest absolute Gasteiger partial charge is 0.497 e. The molecule has 0 spiro atoms. The van der Waals surface area contributed by atoms with Gasteiger partial charge in [-0.2, -0.15) is 0 Å². The fourth-order valence-corrected chi connectivity index (χ4v) is 3.71. The Morgan fingerprint density at radius 2 is 2.04 bits per heavy atom. The molecule has 6 nitrogen and oxygen atoms in total. The molecule has 25 heavy (non-hydrogen) atoms. The zero-order valence-corrected chi connectivity index (χ0v) is 15.5. The van der Waals surface area contributed by atoms with Gasteiger partial charge in [0, 0.05) is 50.4 Å². The van der Waals surface area contributed by atoms with Gasteiger partial charge >= 0.3 is 6.03 Å². The molecule has 2 fully saturated rings. The highest BCUT2D eigenvalue weighted by atomic mass is 16.5. The molecule has 0 bridgehead atoms. The Labute approximate surface area is 150 Å². The summed E-state index contributed by atoms with van der Waals surface area (Å²) in [5.74, 6) is 1.67. The molecule has 1 aromatic carbocycles. The summed E-state index contributed by atoms with van der Waals surface area (Å²) in [6.07, 6.45) is 4.69. The van der Waals surface area contributed by atoms with Crippen LogP contribution in [0.3, 0.4) is 0 Å². The molecule has 2 amide bonds. The second kappa shape index (κ2) is 7.95. The van der Waals surface area contributed by atoms with Crippen molar-refractivity contribution in [2.24, 2.45) is 0 Å². The summed E-state index contributed by atoms with van der Waals surface area (Å²) in [7, 11) is 5.07. The molecule has 138 valence electrons. The number of hydrogen-bond acceptors (Lipinski definition) is 4. The second-order valence-electron chi connectivity index (χ2n) is 6.88. The van der Waals surface area contributed by atoms with Gasteiger partial charge < -0.3 is 19.7 Å². The minimum atomic E-state index is 0.0301. The molecular formula is C19H29N3O3. The van der Waals surface area contributed by atoms with Gasteiger partial charge in [-0.1, -0.05) is 6.07 Å². The smallest absolute Gasteiger partial charge is 0.317 e. The van der Waals surface area contributed by atoms with E-state index in [0.29, 0.717) is 12.1 Å². The van der Waals surface area contributed by atoms with Crippen LogP contribution in [-0.4, -0.2) is 62.3 Å². The van der Waals surface area contributed by atoms with Crippen LogP contribution in [0.2, 0.25) is 0 Å². The van der Waals surface area contributed by atoms with E-state index in [-0.39, 0.29) is 6.03 Å². The molecule has 1 aliphatic carbocycles. The molecule has 1 unspecified atom stereocenters. The van der Waals surface area contributed by atoms with Crippen LogP contribution in [0.15, 0.2) is 18.2 Å². The highest BCUT2D eigenvalue weighted by Crippen LogP contribution is 2.35. The molecule has 1 heterocycles.